The monoisotopic (exact) mass is 338 g/mol. The highest BCUT2D eigenvalue weighted by molar-refractivity contribution is 5.30. The summed E-state index contributed by atoms with van der Waals surface area (Å²) in [5.74, 6) is 3.25. The molecule has 25 heavy (non-hydrogen) atoms. The van der Waals surface area contributed by atoms with Crippen LogP contribution in [0.25, 0.3) is 0 Å². The van der Waals surface area contributed by atoms with E-state index in [2.05, 4.69) is 42.6 Å². The molecule has 0 aliphatic carbocycles. The van der Waals surface area contributed by atoms with Crippen molar-refractivity contribution in [3.05, 3.63) is 60.8 Å². The molecule has 1 unspecified atom stereocenters. The van der Waals surface area contributed by atoms with Gasteiger partial charge in [-0.15, -0.1) is 0 Å². The van der Waals surface area contributed by atoms with Gasteiger partial charge in [0.2, 0.25) is 5.95 Å². The second-order valence-electron chi connectivity index (χ2n) is 6.57. The van der Waals surface area contributed by atoms with E-state index in [1.165, 1.54) is 0 Å². The van der Waals surface area contributed by atoms with Crippen LogP contribution in [0.4, 0.5) is 5.95 Å². The molecular formula is C18H22N6O. The number of rotatable bonds is 5. The lowest BCUT2D eigenvalue weighted by Gasteiger charge is -2.27. The second kappa shape index (κ2) is 7.06. The summed E-state index contributed by atoms with van der Waals surface area (Å²) in [7, 11) is 2.13. The fourth-order valence-corrected chi connectivity index (χ4v) is 3.44. The van der Waals surface area contributed by atoms with Crippen LogP contribution in [0.1, 0.15) is 11.6 Å². The van der Waals surface area contributed by atoms with E-state index in [0.29, 0.717) is 5.92 Å². The van der Waals surface area contributed by atoms with Gasteiger partial charge in [-0.3, -0.25) is 4.90 Å². The minimum Gasteiger partial charge on any atom is -0.468 e. The maximum absolute atomic E-state index is 5.47. The molecule has 0 saturated heterocycles. The van der Waals surface area contributed by atoms with Gasteiger partial charge in [0.25, 0.3) is 0 Å². The van der Waals surface area contributed by atoms with Crippen molar-refractivity contribution in [3.8, 4) is 0 Å². The van der Waals surface area contributed by atoms with Crippen LogP contribution in [0.5, 0.6) is 0 Å². The lowest BCUT2D eigenvalue weighted by Crippen LogP contribution is -2.35. The SMILES string of the molecule is CN(Cc1ccco1)CC1CN(c2ncccn2)Cc2nccn2C1. The molecule has 4 heterocycles. The Morgan fingerprint density at radius 1 is 1.16 bits per heavy atom. The Kier molecular flexibility index (Phi) is 4.47. The Labute approximate surface area is 146 Å². The summed E-state index contributed by atoms with van der Waals surface area (Å²) < 4.78 is 7.71. The third-order valence-electron chi connectivity index (χ3n) is 4.48. The van der Waals surface area contributed by atoms with E-state index >= 15 is 0 Å². The Balaban J connectivity index is 1.50. The number of imidazole rings is 1. The molecule has 0 aromatic carbocycles. The van der Waals surface area contributed by atoms with Crippen molar-refractivity contribution in [1.29, 1.82) is 0 Å². The molecule has 0 amide bonds. The number of aromatic nitrogens is 4. The number of nitrogens with zero attached hydrogens (tertiary/aromatic N) is 6. The minimum atomic E-state index is 0.444. The molecule has 7 heteroatoms. The molecule has 130 valence electrons. The van der Waals surface area contributed by atoms with Crippen LogP contribution < -0.4 is 4.90 Å². The van der Waals surface area contributed by atoms with Gasteiger partial charge in [-0.2, -0.15) is 0 Å². The fourth-order valence-electron chi connectivity index (χ4n) is 3.44. The molecule has 0 bridgehead atoms. The first kappa shape index (κ1) is 15.8. The predicted molar refractivity (Wildman–Crippen MR) is 93.8 cm³/mol. The average molecular weight is 338 g/mol. The van der Waals surface area contributed by atoms with Crippen LogP contribution >= 0.6 is 0 Å². The van der Waals surface area contributed by atoms with Crippen LogP contribution in [-0.4, -0.2) is 44.6 Å². The summed E-state index contributed by atoms with van der Waals surface area (Å²) in [5.41, 5.74) is 0. The quantitative estimate of drug-likeness (QED) is 0.709. The first-order valence-electron chi connectivity index (χ1n) is 8.51. The fraction of sp³-hybridized carbons (Fsp3) is 0.389. The molecule has 0 spiro atoms. The Hall–Kier alpha value is -2.67. The summed E-state index contributed by atoms with van der Waals surface area (Å²) in [6, 6.07) is 5.79. The van der Waals surface area contributed by atoms with Crippen molar-refractivity contribution in [1.82, 2.24) is 24.4 Å². The summed E-state index contributed by atoms with van der Waals surface area (Å²) in [4.78, 5) is 17.9. The van der Waals surface area contributed by atoms with Crippen molar-refractivity contribution < 1.29 is 4.42 Å². The maximum Gasteiger partial charge on any atom is 0.225 e. The van der Waals surface area contributed by atoms with Gasteiger partial charge in [-0.1, -0.05) is 0 Å². The summed E-state index contributed by atoms with van der Waals surface area (Å²) >= 11 is 0. The molecule has 7 nitrogen and oxygen atoms in total. The van der Waals surface area contributed by atoms with E-state index in [1.54, 1.807) is 18.7 Å². The van der Waals surface area contributed by atoms with Crippen LogP contribution in [0.2, 0.25) is 0 Å². The van der Waals surface area contributed by atoms with Gasteiger partial charge in [0.1, 0.15) is 11.6 Å². The first-order valence-corrected chi connectivity index (χ1v) is 8.51. The van der Waals surface area contributed by atoms with Crippen molar-refractivity contribution >= 4 is 5.95 Å². The highest BCUT2D eigenvalue weighted by atomic mass is 16.3. The van der Waals surface area contributed by atoms with Crippen LogP contribution in [0, 0.1) is 5.92 Å². The third-order valence-corrected chi connectivity index (χ3v) is 4.48. The van der Waals surface area contributed by atoms with Gasteiger partial charge in [-0.25, -0.2) is 15.0 Å². The molecule has 3 aromatic rings. The third kappa shape index (κ3) is 3.71. The molecule has 1 atom stereocenters. The normalized spacial score (nSPS) is 17.5. The lowest BCUT2D eigenvalue weighted by molar-refractivity contribution is 0.239. The molecule has 3 aromatic heterocycles. The topological polar surface area (TPSA) is 63.2 Å². The molecule has 0 fully saturated rings. The molecule has 4 rings (SSSR count). The molecular weight excluding hydrogens is 316 g/mol. The van der Waals surface area contributed by atoms with E-state index in [-0.39, 0.29) is 0 Å². The van der Waals surface area contributed by atoms with E-state index in [4.69, 9.17) is 4.42 Å². The smallest absolute Gasteiger partial charge is 0.225 e. The Bertz CT molecular complexity index is 785. The van der Waals surface area contributed by atoms with Crippen molar-refractivity contribution in [2.24, 2.45) is 5.92 Å². The van der Waals surface area contributed by atoms with Gasteiger partial charge in [0, 0.05) is 50.3 Å². The first-order chi connectivity index (χ1) is 12.3. The zero-order valence-electron chi connectivity index (χ0n) is 14.3. The van der Waals surface area contributed by atoms with Crippen molar-refractivity contribution in [3.63, 3.8) is 0 Å². The summed E-state index contributed by atoms with van der Waals surface area (Å²) in [6.07, 6.45) is 9.23. The maximum atomic E-state index is 5.47. The zero-order valence-corrected chi connectivity index (χ0v) is 14.3. The van der Waals surface area contributed by atoms with E-state index in [0.717, 1.165) is 50.3 Å². The lowest BCUT2D eigenvalue weighted by atomic mass is 10.1. The summed E-state index contributed by atoms with van der Waals surface area (Å²) in [5, 5.41) is 0. The van der Waals surface area contributed by atoms with Gasteiger partial charge in [-0.05, 0) is 25.2 Å². The van der Waals surface area contributed by atoms with Crippen LogP contribution in [-0.2, 0) is 19.6 Å². The zero-order chi connectivity index (χ0) is 17.1. The van der Waals surface area contributed by atoms with Crippen LogP contribution in [0.3, 0.4) is 0 Å². The average Bonchev–Trinajstić information content (AvgIpc) is 3.24. The minimum absolute atomic E-state index is 0.444. The highest BCUT2D eigenvalue weighted by Crippen LogP contribution is 2.20. The number of hydrogen-bond acceptors (Lipinski definition) is 6. The molecule has 0 radical (unpaired) electrons. The molecule has 1 aliphatic rings. The number of hydrogen-bond donors (Lipinski definition) is 0. The largest absolute Gasteiger partial charge is 0.468 e. The van der Waals surface area contributed by atoms with Gasteiger partial charge >= 0.3 is 0 Å². The van der Waals surface area contributed by atoms with E-state index in [1.807, 2.05) is 24.4 Å². The highest BCUT2D eigenvalue weighted by Gasteiger charge is 2.25. The summed E-state index contributed by atoms with van der Waals surface area (Å²) in [6.45, 7) is 4.34. The van der Waals surface area contributed by atoms with Gasteiger partial charge in [0.05, 0.1) is 19.4 Å². The Morgan fingerprint density at radius 2 is 2.04 bits per heavy atom. The van der Waals surface area contributed by atoms with Crippen molar-refractivity contribution in [2.75, 3.05) is 25.0 Å². The molecule has 0 saturated carbocycles. The number of furan rings is 1. The van der Waals surface area contributed by atoms with E-state index in [9.17, 15) is 0 Å². The van der Waals surface area contributed by atoms with Crippen LogP contribution in [0.15, 0.2) is 53.7 Å². The predicted octanol–water partition coefficient (Wildman–Crippen LogP) is 2.03. The number of anilines is 1. The Morgan fingerprint density at radius 3 is 2.84 bits per heavy atom. The molecule has 0 N–H and O–H groups in total. The number of fused-ring (bicyclic) bond motifs is 1. The van der Waals surface area contributed by atoms with Crippen molar-refractivity contribution in [2.45, 2.75) is 19.6 Å². The van der Waals surface area contributed by atoms with Gasteiger partial charge in [0.15, 0.2) is 0 Å². The van der Waals surface area contributed by atoms with E-state index < -0.39 is 0 Å². The molecule has 1 aliphatic heterocycles. The standard InChI is InChI=1S/C18H22N6O/c1-22(13-16-4-2-9-25-16)10-15-11-23-8-7-19-17(23)14-24(12-15)18-20-5-3-6-21-18/h2-9,15H,10-14H2,1H3. The van der Waals surface area contributed by atoms with Gasteiger partial charge < -0.3 is 13.9 Å². The second-order valence-corrected chi connectivity index (χ2v) is 6.57.